The summed E-state index contributed by atoms with van der Waals surface area (Å²) in [4.78, 5) is 2.31. The molecule has 0 bridgehead atoms. The molecule has 93 heavy (non-hydrogen) atoms. The second kappa shape index (κ2) is 36.7. The molecule has 0 heterocycles. The van der Waals surface area contributed by atoms with E-state index >= 15 is 0 Å². The topological polar surface area (TPSA) is 3.24 Å². The largest absolute Gasteiger partial charge is 0.311 e. The van der Waals surface area contributed by atoms with Gasteiger partial charge in [-0.2, -0.15) is 0 Å². The number of benzene rings is 13. The highest BCUT2D eigenvalue weighted by atomic mass is 15.1. The summed E-state index contributed by atoms with van der Waals surface area (Å²) in [6, 6.07) is 123. The van der Waals surface area contributed by atoms with Crippen LogP contribution in [0.25, 0.3) is 50.1 Å². The smallest absolute Gasteiger partial charge is 0.0462 e. The van der Waals surface area contributed by atoms with Crippen molar-refractivity contribution in [3.05, 3.63) is 420 Å². The van der Waals surface area contributed by atoms with Gasteiger partial charge in [0, 0.05) is 17.1 Å². The standard InChI is InChI=1S/C38H35N.C14H14.2C13H12.2C7H8/c1-29-15-18-34(19-16-29)35-22-26-38(27-23-35)39(36-12-8-5-9-13-36)37-24-20-33(21-25-37)31(3)17-14-30(2)28-32-10-6-4-7-11-32;1-11-3-7-13(8-4-11)14-9-5-12(2)6-10-14;2*1-11-7-9-13(10-8-11)12-5-3-2-4-6-12;2*1-7-5-3-2-4-6-7/h4-27H,28H2,1-3H3;3-10H,1-2H3;2*2-10H,1H3;2*2-6H,1H3/b30-14+,31-17+;;;;;. The molecule has 0 aliphatic carbocycles. The molecule has 0 atom stereocenters. The van der Waals surface area contributed by atoms with Crippen molar-refractivity contribution >= 4 is 22.6 Å². The summed E-state index contributed by atoms with van der Waals surface area (Å²) >= 11 is 0. The van der Waals surface area contributed by atoms with Crippen LogP contribution < -0.4 is 4.90 Å². The predicted molar refractivity (Wildman–Crippen MR) is 406 cm³/mol. The van der Waals surface area contributed by atoms with Gasteiger partial charge in [0.05, 0.1) is 0 Å². The third-order valence-corrected chi connectivity index (χ3v) is 15.7. The molecular formula is C92H89N. The van der Waals surface area contributed by atoms with E-state index in [0.717, 1.165) is 23.5 Å². The van der Waals surface area contributed by atoms with Crippen LogP contribution in [-0.2, 0) is 6.42 Å². The lowest BCUT2D eigenvalue weighted by Gasteiger charge is -2.26. The average Bonchev–Trinajstić information content (AvgIpc) is 1.43. The summed E-state index contributed by atoms with van der Waals surface area (Å²) in [5.74, 6) is 0. The number of aryl methyl sites for hydroxylation is 7. The molecule has 462 valence electrons. The Kier molecular flexibility index (Phi) is 26.9. The molecule has 0 aliphatic heterocycles. The van der Waals surface area contributed by atoms with Crippen molar-refractivity contribution < 1.29 is 0 Å². The van der Waals surface area contributed by atoms with Gasteiger partial charge in [-0.15, -0.1) is 0 Å². The molecule has 0 saturated carbocycles. The minimum atomic E-state index is 0.971. The van der Waals surface area contributed by atoms with Gasteiger partial charge in [-0.1, -0.05) is 372 Å². The van der Waals surface area contributed by atoms with Crippen LogP contribution in [0.4, 0.5) is 17.1 Å². The first-order chi connectivity index (χ1) is 45.3. The first kappa shape index (κ1) is 68.1. The van der Waals surface area contributed by atoms with Gasteiger partial charge in [-0.3, -0.25) is 0 Å². The molecule has 0 spiro atoms. The van der Waals surface area contributed by atoms with E-state index in [1.165, 1.54) is 106 Å². The molecular weight excluding hydrogens is 1120 g/mol. The summed E-state index contributed by atoms with van der Waals surface area (Å²) in [5, 5.41) is 0. The van der Waals surface area contributed by atoms with Crippen molar-refractivity contribution in [1.82, 2.24) is 0 Å². The molecule has 0 amide bonds. The first-order valence-corrected chi connectivity index (χ1v) is 32.3. The zero-order chi connectivity index (χ0) is 65.4. The lowest BCUT2D eigenvalue weighted by molar-refractivity contribution is 1.14. The van der Waals surface area contributed by atoms with Crippen molar-refractivity contribution in [2.75, 3.05) is 4.90 Å². The van der Waals surface area contributed by atoms with Gasteiger partial charge in [0.15, 0.2) is 0 Å². The van der Waals surface area contributed by atoms with Crippen LogP contribution in [0.15, 0.2) is 370 Å². The highest BCUT2D eigenvalue weighted by Crippen LogP contribution is 2.36. The molecule has 0 fully saturated rings. The fraction of sp³-hybridized carbons (Fsp3) is 0.109. The molecule has 0 N–H and O–H groups in total. The van der Waals surface area contributed by atoms with Crippen molar-refractivity contribution in [3.63, 3.8) is 0 Å². The molecule has 13 rings (SSSR count). The summed E-state index contributed by atoms with van der Waals surface area (Å²) in [6.07, 6.45) is 5.44. The second-order valence-electron chi connectivity index (χ2n) is 23.7. The number of rotatable bonds is 11. The Hall–Kier alpha value is -10.9. The van der Waals surface area contributed by atoms with Crippen LogP contribution in [-0.4, -0.2) is 0 Å². The van der Waals surface area contributed by atoms with Crippen LogP contribution in [0.1, 0.15) is 63.9 Å². The predicted octanol–water partition coefficient (Wildman–Crippen LogP) is 26.0. The molecule has 13 aromatic carbocycles. The maximum absolute atomic E-state index is 2.31. The Morgan fingerprint density at radius 3 is 0.742 bits per heavy atom. The van der Waals surface area contributed by atoms with Gasteiger partial charge in [-0.25, -0.2) is 0 Å². The van der Waals surface area contributed by atoms with Crippen LogP contribution in [0.5, 0.6) is 0 Å². The van der Waals surface area contributed by atoms with Gasteiger partial charge in [-0.05, 0) is 166 Å². The molecule has 13 aromatic rings. The molecule has 1 heteroatoms. The van der Waals surface area contributed by atoms with E-state index in [2.05, 4.69) is 383 Å². The van der Waals surface area contributed by atoms with Crippen molar-refractivity contribution in [1.29, 1.82) is 0 Å². The summed E-state index contributed by atoms with van der Waals surface area (Å²) in [7, 11) is 0. The maximum Gasteiger partial charge on any atom is 0.0462 e. The molecule has 0 radical (unpaired) electrons. The minimum absolute atomic E-state index is 0.971. The van der Waals surface area contributed by atoms with Crippen molar-refractivity contribution in [3.8, 4) is 44.5 Å². The van der Waals surface area contributed by atoms with Gasteiger partial charge in [0.2, 0.25) is 0 Å². The monoisotopic (exact) mass is 1210 g/mol. The SMILES string of the molecule is C/C(=C\C=C(/C)c1ccc(N(c2ccccc2)c2ccc(-c3ccc(C)cc3)cc2)cc1)Cc1ccccc1.Cc1ccc(-c2ccc(C)cc2)cc1.Cc1ccc(-c2ccccc2)cc1.Cc1ccc(-c2ccccc2)cc1.Cc1ccccc1.Cc1ccccc1. The van der Waals surface area contributed by atoms with Gasteiger partial charge < -0.3 is 4.90 Å². The Bertz CT molecular complexity index is 4070. The van der Waals surface area contributed by atoms with Crippen molar-refractivity contribution in [2.24, 2.45) is 0 Å². The van der Waals surface area contributed by atoms with Crippen LogP contribution in [0.3, 0.4) is 0 Å². The molecule has 0 unspecified atom stereocenters. The Balaban J connectivity index is 0.000000167. The lowest BCUT2D eigenvalue weighted by Crippen LogP contribution is -2.09. The minimum Gasteiger partial charge on any atom is -0.311 e. The number of nitrogens with zero attached hydrogens (tertiary/aromatic N) is 1. The first-order valence-electron chi connectivity index (χ1n) is 32.3. The van der Waals surface area contributed by atoms with E-state index in [4.69, 9.17) is 0 Å². The normalized spacial score (nSPS) is 10.6. The molecule has 1 nitrogen and oxygen atoms in total. The Morgan fingerprint density at radius 2 is 0.452 bits per heavy atom. The number of anilines is 3. The summed E-state index contributed by atoms with van der Waals surface area (Å²) in [6.45, 7) is 19.1. The zero-order valence-corrected chi connectivity index (χ0v) is 55.8. The Morgan fingerprint density at radius 1 is 0.226 bits per heavy atom. The van der Waals surface area contributed by atoms with Crippen LogP contribution in [0.2, 0.25) is 0 Å². The summed E-state index contributed by atoms with van der Waals surface area (Å²) in [5.41, 5.74) is 27.9. The molecule has 0 aliphatic rings. The number of hydrogen-bond donors (Lipinski definition) is 0. The van der Waals surface area contributed by atoms with Crippen LogP contribution in [0, 0.1) is 48.5 Å². The average molecular weight is 1210 g/mol. The number of hydrogen-bond acceptors (Lipinski definition) is 1. The van der Waals surface area contributed by atoms with Crippen LogP contribution >= 0.6 is 0 Å². The van der Waals surface area contributed by atoms with Gasteiger partial charge >= 0.3 is 0 Å². The van der Waals surface area contributed by atoms with E-state index in [1.54, 1.807) is 0 Å². The number of allylic oxidation sites excluding steroid dienone is 4. The van der Waals surface area contributed by atoms with Gasteiger partial charge in [0.1, 0.15) is 0 Å². The summed E-state index contributed by atoms with van der Waals surface area (Å²) < 4.78 is 0. The Labute approximate surface area is 557 Å². The lowest BCUT2D eigenvalue weighted by atomic mass is 10.0. The quantitative estimate of drug-likeness (QED) is 0.117. The van der Waals surface area contributed by atoms with E-state index in [1.807, 2.05) is 48.5 Å². The third-order valence-electron chi connectivity index (χ3n) is 15.7. The molecule has 0 aromatic heterocycles. The second-order valence-corrected chi connectivity index (χ2v) is 23.7. The molecule has 0 saturated heterocycles. The number of para-hydroxylation sites is 1. The highest BCUT2D eigenvalue weighted by molar-refractivity contribution is 5.80. The van der Waals surface area contributed by atoms with Crippen molar-refractivity contribution in [2.45, 2.75) is 68.7 Å². The zero-order valence-electron chi connectivity index (χ0n) is 55.8. The third kappa shape index (κ3) is 23.2. The van der Waals surface area contributed by atoms with E-state index < -0.39 is 0 Å². The van der Waals surface area contributed by atoms with E-state index in [9.17, 15) is 0 Å². The fourth-order valence-corrected chi connectivity index (χ4v) is 10.1. The highest BCUT2D eigenvalue weighted by Gasteiger charge is 2.13. The van der Waals surface area contributed by atoms with Gasteiger partial charge in [0.25, 0.3) is 0 Å². The van der Waals surface area contributed by atoms with E-state index in [-0.39, 0.29) is 0 Å². The maximum atomic E-state index is 2.31. The fourth-order valence-electron chi connectivity index (χ4n) is 10.1. The van der Waals surface area contributed by atoms with E-state index in [0.29, 0.717) is 0 Å².